The van der Waals surface area contributed by atoms with E-state index in [1.165, 1.54) is 6.92 Å². The molecule has 0 saturated carbocycles. The molecule has 0 atom stereocenters. The van der Waals surface area contributed by atoms with E-state index in [1.807, 2.05) is 0 Å². The second-order valence-corrected chi connectivity index (χ2v) is 4.99. The number of ketones is 1. The molecule has 1 aromatic rings. The molecular weight excluding hydrogens is 256 g/mol. The Bertz CT molecular complexity index is 458. The summed E-state index contributed by atoms with van der Waals surface area (Å²) in [4.78, 5) is 22.9. The van der Waals surface area contributed by atoms with Crippen LogP contribution in [0, 0.1) is 5.92 Å². The van der Waals surface area contributed by atoms with Gasteiger partial charge in [-0.05, 0) is 25.0 Å². The number of benzene rings is 1. The summed E-state index contributed by atoms with van der Waals surface area (Å²) in [5, 5.41) is 5.37. The van der Waals surface area contributed by atoms with Crippen LogP contribution in [0.5, 0.6) is 0 Å². The first-order valence-corrected chi connectivity index (χ1v) is 6.72. The van der Waals surface area contributed by atoms with Gasteiger partial charge in [0.15, 0.2) is 5.78 Å². The lowest BCUT2D eigenvalue weighted by atomic mass is 10.1. The highest BCUT2D eigenvalue weighted by molar-refractivity contribution is 5.96. The molecule has 1 aromatic carbocycles. The molecule has 0 aliphatic rings. The number of amides is 2. The van der Waals surface area contributed by atoms with Crippen molar-refractivity contribution in [3.8, 4) is 0 Å². The molecule has 2 amide bonds. The summed E-state index contributed by atoms with van der Waals surface area (Å²) in [7, 11) is 0. The van der Waals surface area contributed by atoms with Crippen LogP contribution < -0.4 is 10.6 Å². The SMILES string of the molecule is CC(=O)c1cccc(NC(=O)NCCOCC(C)C)c1. The van der Waals surface area contributed by atoms with Crippen LogP contribution in [0.25, 0.3) is 0 Å². The lowest BCUT2D eigenvalue weighted by molar-refractivity contribution is 0.101. The lowest BCUT2D eigenvalue weighted by Gasteiger charge is -2.09. The van der Waals surface area contributed by atoms with Gasteiger partial charge in [0, 0.05) is 24.4 Å². The maximum absolute atomic E-state index is 11.6. The number of rotatable bonds is 7. The maximum Gasteiger partial charge on any atom is 0.319 e. The Morgan fingerprint density at radius 3 is 2.70 bits per heavy atom. The standard InChI is InChI=1S/C15H22N2O3/c1-11(2)10-20-8-7-16-15(19)17-14-6-4-5-13(9-14)12(3)18/h4-6,9,11H,7-8,10H2,1-3H3,(H2,16,17,19). The van der Waals surface area contributed by atoms with Gasteiger partial charge >= 0.3 is 6.03 Å². The van der Waals surface area contributed by atoms with E-state index >= 15 is 0 Å². The molecule has 0 aliphatic carbocycles. The summed E-state index contributed by atoms with van der Waals surface area (Å²) in [6.07, 6.45) is 0. The summed E-state index contributed by atoms with van der Waals surface area (Å²) in [6.45, 7) is 7.25. The molecule has 0 radical (unpaired) electrons. The Kier molecular flexibility index (Phi) is 6.73. The summed E-state index contributed by atoms with van der Waals surface area (Å²) in [5.41, 5.74) is 1.17. The molecule has 0 aromatic heterocycles. The first kappa shape index (κ1) is 16.2. The number of hydrogen-bond donors (Lipinski definition) is 2. The maximum atomic E-state index is 11.6. The van der Waals surface area contributed by atoms with E-state index in [1.54, 1.807) is 24.3 Å². The van der Waals surface area contributed by atoms with Crippen LogP contribution in [-0.2, 0) is 4.74 Å². The normalized spacial score (nSPS) is 10.4. The van der Waals surface area contributed by atoms with Gasteiger partial charge in [0.1, 0.15) is 0 Å². The van der Waals surface area contributed by atoms with Crippen LogP contribution in [-0.4, -0.2) is 31.6 Å². The fourth-order valence-electron chi connectivity index (χ4n) is 1.55. The van der Waals surface area contributed by atoms with Gasteiger partial charge in [0.05, 0.1) is 6.61 Å². The van der Waals surface area contributed by atoms with E-state index in [0.717, 1.165) is 0 Å². The number of carbonyl (C=O) groups is 2. The van der Waals surface area contributed by atoms with Crippen LogP contribution in [0.3, 0.4) is 0 Å². The summed E-state index contributed by atoms with van der Waals surface area (Å²) >= 11 is 0. The summed E-state index contributed by atoms with van der Waals surface area (Å²) in [5.74, 6) is 0.453. The zero-order valence-corrected chi connectivity index (χ0v) is 12.2. The predicted molar refractivity (Wildman–Crippen MR) is 79.1 cm³/mol. The average Bonchev–Trinajstić information content (AvgIpc) is 2.38. The van der Waals surface area contributed by atoms with Crippen molar-refractivity contribution in [2.75, 3.05) is 25.1 Å². The molecule has 1 rings (SSSR count). The Morgan fingerprint density at radius 1 is 1.30 bits per heavy atom. The quantitative estimate of drug-likeness (QED) is 0.595. The van der Waals surface area contributed by atoms with Gasteiger partial charge in [0.2, 0.25) is 0 Å². The predicted octanol–water partition coefficient (Wildman–Crippen LogP) is 2.68. The highest BCUT2D eigenvalue weighted by Crippen LogP contribution is 2.10. The van der Waals surface area contributed by atoms with Gasteiger partial charge < -0.3 is 15.4 Å². The second-order valence-electron chi connectivity index (χ2n) is 4.99. The lowest BCUT2D eigenvalue weighted by Crippen LogP contribution is -2.31. The highest BCUT2D eigenvalue weighted by Gasteiger charge is 2.04. The van der Waals surface area contributed by atoms with Crippen LogP contribution >= 0.6 is 0 Å². The van der Waals surface area contributed by atoms with E-state index in [-0.39, 0.29) is 11.8 Å². The molecule has 0 unspecified atom stereocenters. The van der Waals surface area contributed by atoms with Crippen LogP contribution in [0.15, 0.2) is 24.3 Å². The molecule has 20 heavy (non-hydrogen) atoms. The van der Waals surface area contributed by atoms with Crippen molar-refractivity contribution >= 4 is 17.5 Å². The highest BCUT2D eigenvalue weighted by atomic mass is 16.5. The van der Waals surface area contributed by atoms with E-state index in [9.17, 15) is 9.59 Å². The third-order valence-electron chi connectivity index (χ3n) is 2.51. The number of nitrogens with one attached hydrogen (secondary N) is 2. The number of Topliss-reactive ketones (excluding diaryl/α,β-unsaturated/α-hetero) is 1. The number of urea groups is 1. The van der Waals surface area contributed by atoms with Crippen molar-refractivity contribution in [3.05, 3.63) is 29.8 Å². The molecule has 0 bridgehead atoms. The Balaban J connectivity index is 2.32. The van der Waals surface area contributed by atoms with Crippen molar-refractivity contribution in [3.63, 3.8) is 0 Å². The van der Waals surface area contributed by atoms with Gasteiger partial charge in [-0.3, -0.25) is 4.79 Å². The van der Waals surface area contributed by atoms with Gasteiger partial charge in [0.25, 0.3) is 0 Å². The Hall–Kier alpha value is -1.88. The van der Waals surface area contributed by atoms with Crippen molar-refractivity contribution in [1.29, 1.82) is 0 Å². The molecule has 0 heterocycles. The minimum Gasteiger partial charge on any atom is -0.379 e. The monoisotopic (exact) mass is 278 g/mol. The second kappa shape index (κ2) is 8.32. The largest absolute Gasteiger partial charge is 0.379 e. The van der Waals surface area contributed by atoms with E-state index in [2.05, 4.69) is 24.5 Å². The number of carbonyl (C=O) groups excluding carboxylic acids is 2. The molecule has 0 fully saturated rings. The molecule has 5 nitrogen and oxygen atoms in total. The minimum atomic E-state index is -0.307. The van der Waals surface area contributed by atoms with E-state index in [0.29, 0.717) is 36.9 Å². The zero-order valence-electron chi connectivity index (χ0n) is 12.2. The first-order chi connectivity index (χ1) is 9.49. The van der Waals surface area contributed by atoms with Crippen LogP contribution in [0.1, 0.15) is 31.1 Å². The zero-order chi connectivity index (χ0) is 15.0. The molecular formula is C15H22N2O3. The molecule has 0 saturated heterocycles. The molecule has 0 aliphatic heterocycles. The van der Waals surface area contributed by atoms with Gasteiger partial charge in [-0.2, -0.15) is 0 Å². The first-order valence-electron chi connectivity index (χ1n) is 6.72. The van der Waals surface area contributed by atoms with Gasteiger partial charge in [-0.1, -0.05) is 26.0 Å². The van der Waals surface area contributed by atoms with E-state index < -0.39 is 0 Å². The summed E-state index contributed by atoms with van der Waals surface area (Å²) in [6, 6.07) is 6.53. The molecule has 0 spiro atoms. The third-order valence-corrected chi connectivity index (χ3v) is 2.51. The van der Waals surface area contributed by atoms with Gasteiger partial charge in [-0.25, -0.2) is 4.79 Å². The molecule has 110 valence electrons. The number of ether oxygens (including phenoxy) is 1. The molecule has 2 N–H and O–H groups in total. The fourth-order valence-corrected chi connectivity index (χ4v) is 1.55. The smallest absolute Gasteiger partial charge is 0.319 e. The van der Waals surface area contributed by atoms with E-state index in [4.69, 9.17) is 4.74 Å². The Labute approximate surface area is 119 Å². The third kappa shape index (κ3) is 6.33. The van der Waals surface area contributed by atoms with Crippen molar-refractivity contribution in [2.45, 2.75) is 20.8 Å². The minimum absolute atomic E-state index is 0.0313. The van der Waals surface area contributed by atoms with Crippen molar-refractivity contribution < 1.29 is 14.3 Å². The number of anilines is 1. The Morgan fingerprint density at radius 2 is 2.05 bits per heavy atom. The van der Waals surface area contributed by atoms with Crippen LogP contribution in [0.4, 0.5) is 10.5 Å². The summed E-state index contributed by atoms with van der Waals surface area (Å²) < 4.78 is 5.36. The average molecular weight is 278 g/mol. The topological polar surface area (TPSA) is 67.4 Å². The van der Waals surface area contributed by atoms with Crippen molar-refractivity contribution in [2.24, 2.45) is 5.92 Å². The molecule has 5 heteroatoms. The van der Waals surface area contributed by atoms with Crippen molar-refractivity contribution in [1.82, 2.24) is 5.32 Å². The number of hydrogen-bond acceptors (Lipinski definition) is 3. The fraction of sp³-hybridized carbons (Fsp3) is 0.467. The van der Waals surface area contributed by atoms with Gasteiger partial charge in [-0.15, -0.1) is 0 Å². The van der Waals surface area contributed by atoms with Crippen LogP contribution in [0.2, 0.25) is 0 Å².